The summed E-state index contributed by atoms with van der Waals surface area (Å²) in [7, 11) is 0. The Morgan fingerprint density at radius 2 is 2.05 bits per heavy atom. The molecule has 1 aromatic heterocycles. The van der Waals surface area contributed by atoms with Crippen LogP contribution in [0.15, 0.2) is 18.2 Å². The maximum atomic E-state index is 5.99. The van der Waals surface area contributed by atoms with Crippen molar-refractivity contribution in [3.8, 4) is 5.69 Å². The summed E-state index contributed by atoms with van der Waals surface area (Å²) in [5.41, 5.74) is 2.00. The third-order valence-corrected chi connectivity index (χ3v) is 3.34. The fourth-order valence-corrected chi connectivity index (χ4v) is 2.22. The van der Waals surface area contributed by atoms with Crippen LogP contribution < -0.4 is 5.32 Å². The second-order valence-corrected chi connectivity index (χ2v) is 5.84. The number of nitrogens with one attached hydrogen (secondary N) is 1. The van der Waals surface area contributed by atoms with Crippen molar-refractivity contribution in [2.24, 2.45) is 5.92 Å². The molecule has 0 saturated carbocycles. The number of nitrogens with zero attached hydrogens (tertiary/aromatic N) is 4. The van der Waals surface area contributed by atoms with Crippen LogP contribution in [0.25, 0.3) is 5.69 Å². The van der Waals surface area contributed by atoms with Gasteiger partial charge in [-0.1, -0.05) is 25.4 Å². The molecule has 1 atom stereocenters. The Labute approximate surface area is 124 Å². The minimum atomic E-state index is 0.0856. The first-order chi connectivity index (χ1) is 9.49. The standard InChI is InChI=1S/C14H20ClN5/c1-9(2)8-16-11(4)14-17-18-19-20(14)13-6-5-12(15)7-10(13)3/h5-7,9,11,16H,8H2,1-4H3. The van der Waals surface area contributed by atoms with E-state index in [1.807, 2.05) is 25.1 Å². The summed E-state index contributed by atoms with van der Waals surface area (Å²) in [4.78, 5) is 0. The molecule has 0 saturated heterocycles. The van der Waals surface area contributed by atoms with Gasteiger partial charge in [-0.2, -0.15) is 4.68 Å². The summed E-state index contributed by atoms with van der Waals surface area (Å²) < 4.78 is 1.77. The topological polar surface area (TPSA) is 55.6 Å². The molecule has 0 amide bonds. The number of hydrogen-bond donors (Lipinski definition) is 1. The molecule has 6 heteroatoms. The summed E-state index contributed by atoms with van der Waals surface area (Å²) in [6.07, 6.45) is 0. The van der Waals surface area contributed by atoms with Crippen molar-refractivity contribution in [3.63, 3.8) is 0 Å². The van der Waals surface area contributed by atoms with Gasteiger partial charge in [0, 0.05) is 5.02 Å². The monoisotopic (exact) mass is 293 g/mol. The van der Waals surface area contributed by atoms with Crippen LogP contribution in [0.3, 0.4) is 0 Å². The van der Waals surface area contributed by atoms with E-state index in [0.29, 0.717) is 10.9 Å². The normalized spacial score (nSPS) is 12.9. The van der Waals surface area contributed by atoms with E-state index >= 15 is 0 Å². The molecule has 0 fully saturated rings. The van der Waals surface area contributed by atoms with Crippen LogP contribution in [0.5, 0.6) is 0 Å². The third kappa shape index (κ3) is 3.35. The molecule has 0 aliphatic rings. The Morgan fingerprint density at radius 3 is 2.70 bits per heavy atom. The molecule has 20 heavy (non-hydrogen) atoms. The molecule has 1 N–H and O–H groups in total. The fraction of sp³-hybridized carbons (Fsp3) is 0.500. The smallest absolute Gasteiger partial charge is 0.173 e. The van der Waals surface area contributed by atoms with Crippen LogP contribution in [-0.4, -0.2) is 26.8 Å². The number of aromatic nitrogens is 4. The minimum Gasteiger partial charge on any atom is -0.307 e. The highest BCUT2D eigenvalue weighted by atomic mass is 35.5. The number of hydrogen-bond acceptors (Lipinski definition) is 4. The molecular weight excluding hydrogens is 274 g/mol. The predicted molar refractivity (Wildman–Crippen MR) is 80.2 cm³/mol. The second-order valence-electron chi connectivity index (χ2n) is 5.40. The minimum absolute atomic E-state index is 0.0856. The average molecular weight is 294 g/mol. The largest absolute Gasteiger partial charge is 0.307 e. The fourth-order valence-electron chi connectivity index (χ4n) is 2.00. The van der Waals surface area contributed by atoms with Gasteiger partial charge in [-0.25, -0.2) is 0 Å². The highest BCUT2D eigenvalue weighted by molar-refractivity contribution is 6.30. The zero-order valence-electron chi connectivity index (χ0n) is 12.3. The molecule has 0 aliphatic heterocycles. The van der Waals surface area contributed by atoms with Gasteiger partial charge in [0.2, 0.25) is 0 Å². The summed E-state index contributed by atoms with van der Waals surface area (Å²) >= 11 is 5.99. The van der Waals surface area contributed by atoms with Gasteiger partial charge in [0.1, 0.15) is 0 Å². The van der Waals surface area contributed by atoms with E-state index in [1.54, 1.807) is 4.68 Å². The van der Waals surface area contributed by atoms with Crippen molar-refractivity contribution in [2.75, 3.05) is 6.54 Å². The van der Waals surface area contributed by atoms with Crippen molar-refractivity contribution in [1.29, 1.82) is 0 Å². The highest BCUT2D eigenvalue weighted by Gasteiger charge is 2.16. The van der Waals surface area contributed by atoms with Gasteiger partial charge in [0.05, 0.1) is 11.7 Å². The number of rotatable bonds is 5. The Balaban J connectivity index is 2.28. The van der Waals surface area contributed by atoms with Crippen LogP contribution in [0, 0.1) is 12.8 Å². The molecule has 0 aliphatic carbocycles. The van der Waals surface area contributed by atoms with E-state index in [2.05, 4.69) is 41.6 Å². The molecule has 0 spiro atoms. The van der Waals surface area contributed by atoms with Gasteiger partial charge >= 0.3 is 0 Å². The van der Waals surface area contributed by atoms with E-state index in [-0.39, 0.29) is 6.04 Å². The van der Waals surface area contributed by atoms with Crippen LogP contribution >= 0.6 is 11.6 Å². The first-order valence-electron chi connectivity index (χ1n) is 6.77. The number of halogens is 1. The lowest BCUT2D eigenvalue weighted by molar-refractivity contribution is 0.475. The average Bonchev–Trinajstić information content (AvgIpc) is 2.85. The molecule has 2 rings (SSSR count). The van der Waals surface area contributed by atoms with Crippen LogP contribution in [-0.2, 0) is 0 Å². The van der Waals surface area contributed by atoms with Crippen molar-refractivity contribution >= 4 is 11.6 Å². The van der Waals surface area contributed by atoms with E-state index in [4.69, 9.17) is 11.6 Å². The Bertz CT molecular complexity index is 579. The summed E-state index contributed by atoms with van der Waals surface area (Å²) in [6.45, 7) is 9.33. The lowest BCUT2D eigenvalue weighted by Gasteiger charge is -2.16. The van der Waals surface area contributed by atoms with E-state index in [1.165, 1.54) is 0 Å². The Hall–Kier alpha value is -1.46. The Morgan fingerprint density at radius 1 is 1.30 bits per heavy atom. The quantitative estimate of drug-likeness (QED) is 0.921. The molecule has 1 unspecified atom stereocenters. The van der Waals surface area contributed by atoms with E-state index in [0.717, 1.165) is 23.6 Å². The number of benzene rings is 1. The second kappa shape index (κ2) is 6.33. The van der Waals surface area contributed by atoms with Crippen molar-refractivity contribution in [2.45, 2.75) is 33.7 Å². The molecular formula is C14H20ClN5. The van der Waals surface area contributed by atoms with Gasteiger partial charge in [-0.15, -0.1) is 5.10 Å². The van der Waals surface area contributed by atoms with Gasteiger partial charge in [0.15, 0.2) is 5.82 Å². The SMILES string of the molecule is Cc1cc(Cl)ccc1-n1nnnc1C(C)NCC(C)C. The molecule has 1 heterocycles. The summed E-state index contributed by atoms with van der Waals surface area (Å²) in [6, 6.07) is 5.78. The van der Waals surface area contributed by atoms with Crippen LogP contribution in [0.1, 0.15) is 38.2 Å². The summed E-state index contributed by atoms with van der Waals surface area (Å²) in [5.74, 6) is 1.38. The van der Waals surface area contributed by atoms with Crippen LogP contribution in [0.2, 0.25) is 5.02 Å². The zero-order chi connectivity index (χ0) is 14.7. The zero-order valence-corrected chi connectivity index (χ0v) is 13.0. The van der Waals surface area contributed by atoms with Gasteiger partial charge in [-0.05, 0) is 60.5 Å². The lowest BCUT2D eigenvalue weighted by Crippen LogP contribution is -2.26. The van der Waals surface area contributed by atoms with E-state index < -0.39 is 0 Å². The molecule has 2 aromatic rings. The highest BCUT2D eigenvalue weighted by Crippen LogP contribution is 2.21. The first-order valence-corrected chi connectivity index (χ1v) is 7.15. The molecule has 1 aromatic carbocycles. The Kier molecular flexibility index (Phi) is 4.73. The summed E-state index contributed by atoms with van der Waals surface area (Å²) in [5, 5.41) is 16.2. The van der Waals surface area contributed by atoms with Crippen molar-refractivity contribution in [3.05, 3.63) is 34.6 Å². The molecule has 0 radical (unpaired) electrons. The van der Waals surface area contributed by atoms with E-state index in [9.17, 15) is 0 Å². The lowest BCUT2D eigenvalue weighted by atomic mass is 10.2. The maximum absolute atomic E-state index is 5.99. The molecule has 5 nitrogen and oxygen atoms in total. The van der Waals surface area contributed by atoms with Crippen molar-refractivity contribution < 1.29 is 0 Å². The third-order valence-electron chi connectivity index (χ3n) is 3.10. The number of tetrazole rings is 1. The van der Waals surface area contributed by atoms with Gasteiger partial charge in [0.25, 0.3) is 0 Å². The van der Waals surface area contributed by atoms with Gasteiger partial charge < -0.3 is 5.32 Å². The maximum Gasteiger partial charge on any atom is 0.173 e. The van der Waals surface area contributed by atoms with Crippen molar-refractivity contribution in [1.82, 2.24) is 25.5 Å². The van der Waals surface area contributed by atoms with Crippen LogP contribution in [0.4, 0.5) is 0 Å². The predicted octanol–water partition coefficient (Wildman–Crippen LogP) is 2.93. The molecule has 108 valence electrons. The van der Waals surface area contributed by atoms with Gasteiger partial charge in [-0.3, -0.25) is 0 Å². The molecule has 0 bridgehead atoms. The first kappa shape index (κ1) is 14.9. The number of aryl methyl sites for hydroxylation is 1.